The molecule has 0 aliphatic carbocycles. The highest BCUT2D eigenvalue weighted by Crippen LogP contribution is 2.21. The van der Waals surface area contributed by atoms with Crippen LogP contribution < -0.4 is 10.6 Å². The van der Waals surface area contributed by atoms with Gasteiger partial charge in [0.15, 0.2) is 0 Å². The Morgan fingerprint density at radius 2 is 1.61 bits per heavy atom. The van der Waals surface area contributed by atoms with Gasteiger partial charge in [-0.1, -0.05) is 32.0 Å². The lowest BCUT2D eigenvalue weighted by Crippen LogP contribution is -2.32. The molecule has 33 heavy (non-hydrogen) atoms. The van der Waals surface area contributed by atoms with Crippen LogP contribution in [0.4, 0.5) is 5.69 Å². The van der Waals surface area contributed by atoms with Crippen molar-refractivity contribution in [2.45, 2.75) is 39.7 Å². The number of carboxylic acids is 2. The second-order valence-corrected chi connectivity index (χ2v) is 7.87. The van der Waals surface area contributed by atoms with Crippen molar-refractivity contribution in [3.63, 3.8) is 0 Å². The number of anilines is 1. The number of hydrogen-bond donors (Lipinski definition) is 5. The Kier molecular flexibility index (Phi) is 8.97. The third kappa shape index (κ3) is 7.64. The molecule has 9 heteroatoms. The molecule has 0 heterocycles. The molecule has 2 aromatic rings. The number of phenols is 1. The fourth-order valence-corrected chi connectivity index (χ4v) is 3.27. The van der Waals surface area contributed by atoms with E-state index in [1.54, 1.807) is 37.3 Å². The number of aliphatic carboxylic acids is 2. The van der Waals surface area contributed by atoms with Gasteiger partial charge in [-0.05, 0) is 48.2 Å². The van der Waals surface area contributed by atoms with E-state index >= 15 is 0 Å². The van der Waals surface area contributed by atoms with Crippen LogP contribution in [0.2, 0.25) is 0 Å². The summed E-state index contributed by atoms with van der Waals surface area (Å²) in [6, 6.07) is 10.7. The summed E-state index contributed by atoms with van der Waals surface area (Å²) in [4.78, 5) is 46.9. The van der Waals surface area contributed by atoms with Gasteiger partial charge in [-0.25, -0.2) is 0 Å². The maximum atomic E-state index is 12.6. The van der Waals surface area contributed by atoms with Gasteiger partial charge in [-0.3, -0.25) is 19.2 Å². The van der Waals surface area contributed by atoms with Crippen molar-refractivity contribution >= 4 is 29.4 Å². The van der Waals surface area contributed by atoms with Gasteiger partial charge in [0.2, 0.25) is 5.91 Å². The van der Waals surface area contributed by atoms with Gasteiger partial charge in [-0.2, -0.15) is 0 Å². The van der Waals surface area contributed by atoms with Crippen molar-refractivity contribution in [3.05, 3.63) is 59.2 Å². The van der Waals surface area contributed by atoms with Crippen molar-refractivity contribution in [3.8, 4) is 5.75 Å². The van der Waals surface area contributed by atoms with E-state index in [2.05, 4.69) is 10.6 Å². The summed E-state index contributed by atoms with van der Waals surface area (Å²) in [5.74, 6) is -4.05. The summed E-state index contributed by atoms with van der Waals surface area (Å²) < 4.78 is 0. The van der Waals surface area contributed by atoms with Gasteiger partial charge in [0.25, 0.3) is 5.91 Å². The molecule has 9 nitrogen and oxygen atoms in total. The molecule has 2 aromatic carbocycles. The molecule has 5 N–H and O–H groups in total. The molecule has 0 fully saturated rings. The molecule has 0 spiro atoms. The lowest BCUT2D eigenvalue weighted by molar-refractivity contribution is -0.142. The molecule has 2 unspecified atom stereocenters. The Hall–Kier alpha value is -3.88. The number of phenolic OH excluding ortho intramolecular Hbond substituents is 1. The Morgan fingerprint density at radius 3 is 2.18 bits per heavy atom. The van der Waals surface area contributed by atoms with Crippen molar-refractivity contribution < 1.29 is 34.5 Å². The van der Waals surface area contributed by atoms with Crippen LogP contribution in [0.1, 0.15) is 48.2 Å². The zero-order chi connectivity index (χ0) is 24.5. The summed E-state index contributed by atoms with van der Waals surface area (Å²) in [6.45, 7) is 3.49. The number of rotatable bonds is 11. The summed E-state index contributed by atoms with van der Waals surface area (Å²) >= 11 is 0. The van der Waals surface area contributed by atoms with Crippen LogP contribution in [0.3, 0.4) is 0 Å². The van der Waals surface area contributed by atoms with Crippen molar-refractivity contribution in [1.29, 1.82) is 0 Å². The highest BCUT2D eigenvalue weighted by atomic mass is 16.4. The van der Waals surface area contributed by atoms with E-state index in [0.717, 1.165) is 0 Å². The quantitative estimate of drug-likeness (QED) is 0.348. The first-order valence-electron chi connectivity index (χ1n) is 10.5. The summed E-state index contributed by atoms with van der Waals surface area (Å²) in [6.07, 6.45) is 0.598. The number of hydrogen-bond acceptors (Lipinski definition) is 5. The molecule has 0 aliphatic rings. The van der Waals surface area contributed by atoms with Gasteiger partial charge in [0, 0.05) is 18.2 Å². The highest BCUT2D eigenvalue weighted by molar-refractivity contribution is 6.06. The number of nitrogens with one attached hydrogen (secondary N) is 2. The van der Waals surface area contributed by atoms with E-state index in [-0.39, 0.29) is 36.6 Å². The molecule has 0 aromatic heterocycles. The van der Waals surface area contributed by atoms with E-state index in [9.17, 15) is 24.3 Å². The molecular formula is C24H28N2O7. The SMILES string of the molecule is CCC(CC(C)C(=O)O)C(=O)NCc1ccc(O)c(C(=O)Nc2ccc(CC(=O)O)cc2)c1. The number of aromatic hydroxyl groups is 1. The minimum atomic E-state index is -0.956. The zero-order valence-electron chi connectivity index (χ0n) is 18.5. The minimum absolute atomic E-state index is 0.0166. The van der Waals surface area contributed by atoms with Crippen LogP contribution in [-0.2, 0) is 27.3 Å². The Bertz CT molecular complexity index is 1020. The van der Waals surface area contributed by atoms with Gasteiger partial charge in [-0.15, -0.1) is 0 Å². The van der Waals surface area contributed by atoms with Crippen LogP contribution in [0.15, 0.2) is 42.5 Å². The van der Waals surface area contributed by atoms with Crippen LogP contribution >= 0.6 is 0 Å². The highest BCUT2D eigenvalue weighted by Gasteiger charge is 2.23. The number of benzene rings is 2. The summed E-state index contributed by atoms with van der Waals surface area (Å²) in [7, 11) is 0. The largest absolute Gasteiger partial charge is 0.507 e. The maximum Gasteiger partial charge on any atom is 0.307 e. The maximum absolute atomic E-state index is 12.6. The van der Waals surface area contributed by atoms with E-state index in [4.69, 9.17) is 10.2 Å². The number of carbonyl (C=O) groups excluding carboxylic acids is 2. The predicted octanol–water partition coefficient (Wildman–Crippen LogP) is 3.02. The molecule has 0 saturated carbocycles. The normalized spacial score (nSPS) is 12.4. The number of carboxylic acid groups (broad SMARTS) is 2. The molecule has 176 valence electrons. The molecular weight excluding hydrogens is 428 g/mol. The van der Waals surface area contributed by atoms with Gasteiger partial charge >= 0.3 is 11.9 Å². The van der Waals surface area contributed by atoms with Crippen molar-refractivity contribution in [1.82, 2.24) is 5.32 Å². The predicted molar refractivity (Wildman–Crippen MR) is 121 cm³/mol. The number of amides is 2. The molecule has 2 amide bonds. The molecule has 0 bridgehead atoms. The van der Waals surface area contributed by atoms with Gasteiger partial charge in [0.05, 0.1) is 17.9 Å². The van der Waals surface area contributed by atoms with E-state index in [0.29, 0.717) is 23.2 Å². The third-order valence-electron chi connectivity index (χ3n) is 5.26. The summed E-state index contributed by atoms with van der Waals surface area (Å²) in [5, 5.41) is 33.4. The molecule has 2 rings (SSSR count). The van der Waals surface area contributed by atoms with Crippen LogP contribution in [-0.4, -0.2) is 39.1 Å². The van der Waals surface area contributed by atoms with Gasteiger partial charge < -0.3 is 26.0 Å². The van der Waals surface area contributed by atoms with Gasteiger partial charge in [0.1, 0.15) is 5.75 Å². The average Bonchev–Trinajstić information content (AvgIpc) is 2.77. The fourth-order valence-electron chi connectivity index (χ4n) is 3.27. The van der Waals surface area contributed by atoms with Crippen LogP contribution in [0.25, 0.3) is 0 Å². The Labute approximate surface area is 191 Å². The molecule has 2 atom stereocenters. The topological polar surface area (TPSA) is 153 Å². The van der Waals surface area contributed by atoms with Crippen molar-refractivity contribution in [2.24, 2.45) is 11.8 Å². The zero-order valence-corrected chi connectivity index (χ0v) is 18.5. The van der Waals surface area contributed by atoms with E-state index in [1.807, 2.05) is 6.92 Å². The third-order valence-corrected chi connectivity index (χ3v) is 5.26. The van der Waals surface area contributed by atoms with E-state index < -0.39 is 29.7 Å². The van der Waals surface area contributed by atoms with Crippen LogP contribution in [0, 0.1) is 11.8 Å². The smallest absolute Gasteiger partial charge is 0.307 e. The standard InChI is InChI=1S/C24H28N2O7/c1-3-17(10-14(2)24(32)33)22(30)25-13-16-6-9-20(27)19(11-16)23(31)26-18-7-4-15(5-8-18)12-21(28)29/h4-9,11,14,17,27H,3,10,12-13H2,1-2H3,(H,25,30)(H,26,31)(H,28,29)(H,32,33). The Balaban J connectivity index is 2.03. The monoisotopic (exact) mass is 456 g/mol. The van der Waals surface area contributed by atoms with E-state index in [1.165, 1.54) is 12.1 Å². The second kappa shape index (κ2) is 11.7. The Morgan fingerprint density at radius 1 is 0.970 bits per heavy atom. The van der Waals surface area contributed by atoms with Crippen molar-refractivity contribution in [2.75, 3.05) is 5.32 Å². The first-order chi connectivity index (χ1) is 15.6. The fraction of sp³-hybridized carbons (Fsp3) is 0.333. The first-order valence-corrected chi connectivity index (χ1v) is 10.5. The number of carbonyl (C=O) groups is 4. The minimum Gasteiger partial charge on any atom is -0.507 e. The second-order valence-electron chi connectivity index (χ2n) is 7.87. The lowest BCUT2D eigenvalue weighted by Gasteiger charge is -2.17. The molecule has 0 saturated heterocycles. The average molecular weight is 456 g/mol. The van der Waals surface area contributed by atoms with Crippen LogP contribution in [0.5, 0.6) is 5.75 Å². The lowest BCUT2D eigenvalue weighted by atomic mass is 9.93. The first kappa shape index (κ1) is 25.4. The molecule has 0 aliphatic heterocycles. The molecule has 0 radical (unpaired) electrons. The summed E-state index contributed by atoms with van der Waals surface area (Å²) in [5.41, 5.74) is 1.63.